The molecule has 3 saturated heterocycles. The highest BCUT2D eigenvalue weighted by atomic mass is 16.5. The number of nitrogens with one attached hydrogen (secondary N) is 1. The number of nitrogens with zero attached hydrogens (tertiary/aromatic N) is 1. The van der Waals surface area contributed by atoms with Gasteiger partial charge in [0.15, 0.2) is 0 Å². The molecule has 0 radical (unpaired) electrons. The molecule has 27 heavy (non-hydrogen) atoms. The number of carbonyl (C=O) groups is 1. The van der Waals surface area contributed by atoms with Crippen molar-refractivity contribution in [3.63, 3.8) is 0 Å². The molecule has 2 saturated carbocycles. The summed E-state index contributed by atoms with van der Waals surface area (Å²) in [7, 11) is 0. The smallest absolute Gasteiger partial charge is 0.317 e. The van der Waals surface area contributed by atoms with Crippen molar-refractivity contribution in [1.82, 2.24) is 10.2 Å². The number of hydrogen-bond acceptors (Lipinski definition) is 3. The Labute approximate surface area is 163 Å². The van der Waals surface area contributed by atoms with Crippen molar-refractivity contribution in [3.8, 4) is 0 Å². The third-order valence-corrected chi connectivity index (χ3v) is 8.49. The number of ether oxygens (including phenoxy) is 2. The summed E-state index contributed by atoms with van der Waals surface area (Å²) in [6.07, 6.45) is 14.3. The van der Waals surface area contributed by atoms with Crippen LogP contribution in [0.3, 0.4) is 0 Å². The largest absolute Gasteiger partial charge is 0.381 e. The van der Waals surface area contributed by atoms with E-state index in [1.165, 1.54) is 51.4 Å². The SMILES string of the molecule is O=C(NC1CCOC2(CCCCC2)C1)N1CC2(CCOCC2)[C@@H]2CCC[C@@H]21. The summed E-state index contributed by atoms with van der Waals surface area (Å²) in [5.74, 6) is 0.700. The molecule has 0 aromatic rings. The van der Waals surface area contributed by atoms with E-state index in [-0.39, 0.29) is 17.7 Å². The molecule has 3 heterocycles. The number of urea groups is 1. The Morgan fingerprint density at radius 2 is 1.74 bits per heavy atom. The molecule has 152 valence electrons. The molecule has 2 amide bonds. The Morgan fingerprint density at radius 1 is 0.926 bits per heavy atom. The van der Waals surface area contributed by atoms with Crippen LogP contribution in [0.5, 0.6) is 0 Å². The van der Waals surface area contributed by atoms with Crippen LogP contribution < -0.4 is 5.32 Å². The van der Waals surface area contributed by atoms with Crippen molar-refractivity contribution in [2.24, 2.45) is 11.3 Å². The van der Waals surface area contributed by atoms with Crippen LogP contribution in [0.1, 0.15) is 77.0 Å². The van der Waals surface area contributed by atoms with Gasteiger partial charge in [-0.25, -0.2) is 4.79 Å². The highest BCUT2D eigenvalue weighted by Crippen LogP contribution is 2.53. The summed E-state index contributed by atoms with van der Waals surface area (Å²) in [5.41, 5.74) is 0.383. The van der Waals surface area contributed by atoms with E-state index in [4.69, 9.17) is 9.47 Å². The molecule has 5 nitrogen and oxygen atoms in total. The molecule has 0 bridgehead atoms. The van der Waals surface area contributed by atoms with Crippen LogP contribution in [-0.4, -0.2) is 55.0 Å². The summed E-state index contributed by atoms with van der Waals surface area (Å²) < 4.78 is 11.9. The fourth-order valence-electron chi connectivity index (χ4n) is 7.08. The number of fused-ring (bicyclic) bond motifs is 2. The zero-order valence-corrected chi connectivity index (χ0v) is 16.7. The minimum absolute atomic E-state index is 0.0529. The van der Waals surface area contributed by atoms with Gasteiger partial charge in [-0.2, -0.15) is 0 Å². The van der Waals surface area contributed by atoms with Gasteiger partial charge in [0.1, 0.15) is 0 Å². The minimum atomic E-state index is 0.0529. The van der Waals surface area contributed by atoms with Crippen LogP contribution in [-0.2, 0) is 9.47 Å². The Hall–Kier alpha value is -0.810. The monoisotopic (exact) mass is 376 g/mol. The van der Waals surface area contributed by atoms with Crippen molar-refractivity contribution in [3.05, 3.63) is 0 Å². The van der Waals surface area contributed by atoms with Gasteiger partial charge >= 0.3 is 6.03 Å². The van der Waals surface area contributed by atoms with Crippen LogP contribution in [0.2, 0.25) is 0 Å². The van der Waals surface area contributed by atoms with Gasteiger partial charge in [0.05, 0.1) is 5.60 Å². The van der Waals surface area contributed by atoms with Crippen LogP contribution in [0, 0.1) is 11.3 Å². The Kier molecular flexibility index (Phi) is 4.87. The fourth-order valence-corrected chi connectivity index (χ4v) is 7.08. The van der Waals surface area contributed by atoms with Gasteiger partial charge in [-0.05, 0) is 62.7 Å². The predicted octanol–water partition coefficient (Wildman–Crippen LogP) is 3.86. The zero-order chi connectivity index (χ0) is 18.3. The van der Waals surface area contributed by atoms with Crippen molar-refractivity contribution in [2.45, 2.75) is 94.7 Å². The van der Waals surface area contributed by atoms with E-state index >= 15 is 0 Å². The van der Waals surface area contributed by atoms with Gasteiger partial charge in [-0.3, -0.25) is 0 Å². The molecule has 0 aromatic carbocycles. The first kappa shape index (κ1) is 18.2. The van der Waals surface area contributed by atoms with E-state index in [9.17, 15) is 4.79 Å². The Balaban J connectivity index is 1.25. The molecular weight excluding hydrogens is 340 g/mol. The molecule has 1 N–H and O–H groups in total. The lowest BCUT2D eigenvalue weighted by Crippen LogP contribution is -2.53. The minimum Gasteiger partial charge on any atom is -0.381 e. The number of carbonyl (C=O) groups excluding carboxylic acids is 1. The van der Waals surface area contributed by atoms with Crippen LogP contribution in [0.15, 0.2) is 0 Å². The van der Waals surface area contributed by atoms with Crippen molar-refractivity contribution >= 4 is 6.03 Å². The Bertz CT molecular complexity index is 548. The van der Waals surface area contributed by atoms with E-state index in [1.54, 1.807) is 0 Å². The lowest BCUT2D eigenvalue weighted by molar-refractivity contribution is -0.108. The second-order valence-corrected chi connectivity index (χ2v) is 9.94. The highest BCUT2D eigenvalue weighted by Gasteiger charge is 2.55. The van der Waals surface area contributed by atoms with Gasteiger partial charge in [0.2, 0.25) is 0 Å². The molecule has 5 aliphatic rings. The lowest BCUT2D eigenvalue weighted by Gasteiger charge is -2.44. The molecule has 0 aromatic heterocycles. The van der Waals surface area contributed by atoms with E-state index < -0.39 is 0 Å². The summed E-state index contributed by atoms with van der Waals surface area (Å²) in [6, 6.07) is 0.954. The van der Waals surface area contributed by atoms with Crippen molar-refractivity contribution in [1.29, 1.82) is 0 Å². The Morgan fingerprint density at radius 3 is 2.56 bits per heavy atom. The average molecular weight is 377 g/mol. The van der Waals surface area contributed by atoms with E-state index in [2.05, 4.69) is 10.2 Å². The summed E-state index contributed by atoms with van der Waals surface area (Å²) in [5, 5.41) is 3.44. The van der Waals surface area contributed by atoms with Crippen LogP contribution >= 0.6 is 0 Å². The van der Waals surface area contributed by atoms with E-state index in [1.807, 2.05) is 0 Å². The van der Waals surface area contributed by atoms with Crippen molar-refractivity contribution < 1.29 is 14.3 Å². The summed E-state index contributed by atoms with van der Waals surface area (Å²) in [6.45, 7) is 3.51. The van der Waals surface area contributed by atoms with Crippen LogP contribution in [0.4, 0.5) is 4.79 Å². The number of hydrogen-bond donors (Lipinski definition) is 1. The number of amides is 2. The maximum Gasteiger partial charge on any atom is 0.317 e. The normalized spacial score (nSPS) is 37.5. The molecule has 3 atom stereocenters. The van der Waals surface area contributed by atoms with Crippen molar-refractivity contribution in [2.75, 3.05) is 26.4 Å². The quantitative estimate of drug-likeness (QED) is 0.756. The molecular formula is C22H36N2O3. The van der Waals surface area contributed by atoms with Gasteiger partial charge in [0, 0.05) is 38.4 Å². The zero-order valence-electron chi connectivity index (χ0n) is 16.7. The number of likely N-dealkylation sites (tertiary alicyclic amines) is 1. The summed E-state index contributed by atoms with van der Waals surface area (Å²) in [4.78, 5) is 15.5. The molecule has 3 aliphatic heterocycles. The fraction of sp³-hybridized carbons (Fsp3) is 0.955. The summed E-state index contributed by atoms with van der Waals surface area (Å²) >= 11 is 0. The first-order valence-electron chi connectivity index (χ1n) is 11.5. The average Bonchev–Trinajstić information content (AvgIpc) is 3.27. The first-order valence-corrected chi connectivity index (χ1v) is 11.5. The molecule has 5 heteroatoms. The molecule has 5 fully saturated rings. The van der Waals surface area contributed by atoms with Gasteiger partial charge in [-0.15, -0.1) is 0 Å². The predicted molar refractivity (Wildman–Crippen MR) is 104 cm³/mol. The highest BCUT2D eigenvalue weighted by molar-refractivity contribution is 5.75. The number of rotatable bonds is 1. The van der Waals surface area contributed by atoms with Gasteiger partial charge in [0.25, 0.3) is 0 Å². The van der Waals surface area contributed by atoms with E-state index in [0.29, 0.717) is 17.4 Å². The third-order valence-electron chi connectivity index (χ3n) is 8.49. The molecule has 2 spiro atoms. The molecule has 1 unspecified atom stereocenters. The molecule has 2 aliphatic carbocycles. The maximum absolute atomic E-state index is 13.3. The van der Waals surface area contributed by atoms with E-state index in [0.717, 1.165) is 52.0 Å². The lowest BCUT2D eigenvalue weighted by atomic mass is 9.71. The standard InChI is InChI=1S/C22H36N2O3/c25-20(23-17-7-12-27-22(15-17)8-2-1-3-9-22)24-16-21(10-13-26-14-11-21)18-5-4-6-19(18)24/h17-19H,1-16H2,(H,23,25)/t17?,18-,19+/m1/s1. The van der Waals surface area contributed by atoms with Gasteiger partial charge in [-0.1, -0.05) is 25.7 Å². The van der Waals surface area contributed by atoms with Crippen LogP contribution in [0.25, 0.3) is 0 Å². The molecule has 5 rings (SSSR count). The second kappa shape index (κ2) is 7.22. The third kappa shape index (κ3) is 3.29. The topological polar surface area (TPSA) is 50.8 Å². The van der Waals surface area contributed by atoms with Gasteiger partial charge < -0.3 is 19.7 Å². The second-order valence-electron chi connectivity index (χ2n) is 9.94. The maximum atomic E-state index is 13.3. The first-order chi connectivity index (χ1) is 13.2.